The van der Waals surface area contributed by atoms with Crippen LogP contribution in [0.5, 0.6) is 0 Å². The van der Waals surface area contributed by atoms with Crippen molar-refractivity contribution in [3.63, 3.8) is 0 Å². The fraction of sp³-hybridized carbons (Fsp3) is 0.514. The highest BCUT2D eigenvalue weighted by Gasteiger charge is 2.44. The van der Waals surface area contributed by atoms with E-state index in [0.717, 1.165) is 31.4 Å². The van der Waals surface area contributed by atoms with Gasteiger partial charge in [-0.05, 0) is 49.6 Å². The second-order valence-corrected chi connectivity index (χ2v) is 13.1. The van der Waals surface area contributed by atoms with E-state index in [9.17, 15) is 19.2 Å². The highest BCUT2D eigenvalue weighted by atomic mass is 19.3. The lowest BCUT2D eigenvalue weighted by molar-refractivity contribution is -0.149. The van der Waals surface area contributed by atoms with E-state index in [-0.39, 0.29) is 23.9 Å². The van der Waals surface area contributed by atoms with Gasteiger partial charge in [0.1, 0.15) is 17.9 Å². The lowest BCUT2D eigenvalue weighted by atomic mass is 9.83. The van der Waals surface area contributed by atoms with E-state index in [2.05, 4.69) is 31.0 Å². The number of aromatic amines is 1. The molecular formula is C35H44F3N7O4. The van der Waals surface area contributed by atoms with E-state index >= 15 is 13.2 Å². The van der Waals surface area contributed by atoms with Crippen molar-refractivity contribution < 1.29 is 32.3 Å². The Morgan fingerprint density at radius 2 is 1.71 bits per heavy atom. The quantitative estimate of drug-likeness (QED) is 0.238. The Balaban J connectivity index is 1.33. The molecule has 5 rings (SSSR count). The first kappa shape index (κ1) is 35.8. The molecule has 14 heteroatoms. The Morgan fingerprint density at radius 3 is 2.39 bits per heavy atom. The summed E-state index contributed by atoms with van der Waals surface area (Å²) < 4.78 is 46.5. The van der Waals surface area contributed by atoms with Crippen LogP contribution in [0, 0.1) is 11.7 Å². The number of benzene rings is 2. The number of nitrogens with one attached hydrogen (secondary N) is 4. The number of carbonyl (C=O) groups excluding carboxylic acids is 4. The average Bonchev–Trinajstić information content (AvgIpc) is 3.58. The van der Waals surface area contributed by atoms with E-state index in [1.165, 1.54) is 24.4 Å². The molecule has 3 aromatic rings. The van der Waals surface area contributed by atoms with Gasteiger partial charge in [0.2, 0.25) is 17.7 Å². The fourth-order valence-corrected chi connectivity index (χ4v) is 6.58. The number of carbonyl (C=O) groups is 4. The van der Waals surface area contributed by atoms with Crippen molar-refractivity contribution in [3.8, 4) is 0 Å². The number of halogens is 3. The Labute approximate surface area is 283 Å². The van der Waals surface area contributed by atoms with Crippen LogP contribution in [0.15, 0.2) is 42.6 Å². The molecule has 2 aliphatic rings. The van der Waals surface area contributed by atoms with Crippen LogP contribution in [0.1, 0.15) is 69.4 Å². The fourth-order valence-electron chi connectivity index (χ4n) is 6.58. The monoisotopic (exact) mass is 683 g/mol. The summed E-state index contributed by atoms with van der Waals surface area (Å²) >= 11 is 0. The van der Waals surface area contributed by atoms with Crippen molar-refractivity contribution in [1.29, 1.82) is 0 Å². The number of piperazine rings is 1. The number of rotatable bonds is 11. The van der Waals surface area contributed by atoms with Gasteiger partial charge in [-0.15, -0.1) is 0 Å². The van der Waals surface area contributed by atoms with Crippen molar-refractivity contribution in [1.82, 2.24) is 30.6 Å². The Kier molecular flexibility index (Phi) is 11.3. The lowest BCUT2D eigenvalue weighted by Gasteiger charge is -2.36. The van der Waals surface area contributed by atoms with Crippen molar-refractivity contribution in [2.75, 3.05) is 38.5 Å². The number of likely N-dealkylation sites (N-methyl/N-ethyl adjacent to an activating group) is 1. The third kappa shape index (κ3) is 8.23. The van der Waals surface area contributed by atoms with E-state index in [0.29, 0.717) is 55.5 Å². The van der Waals surface area contributed by atoms with Crippen LogP contribution in [0.25, 0.3) is 10.9 Å². The minimum absolute atomic E-state index is 0.169. The molecule has 1 aromatic heterocycles. The van der Waals surface area contributed by atoms with Crippen LogP contribution >= 0.6 is 0 Å². The Hall–Kier alpha value is -4.46. The number of hydrogen-bond donors (Lipinski definition) is 4. The highest BCUT2D eigenvalue weighted by Crippen LogP contribution is 2.33. The van der Waals surface area contributed by atoms with E-state index in [1.807, 2.05) is 7.05 Å². The van der Waals surface area contributed by atoms with Gasteiger partial charge in [0.25, 0.3) is 5.91 Å². The van der Waals surface area contributed by atoms with Crippen molar-refractivity contribution >= 4 is 40.2 Å². The first-order chi connectivity index (χ1) is 23.4. The van der Waals surface area contributed by atoms with Crippen LogP contribution in [0.2, 0.25) is 0 Å². The zero-order chi connectivity index (χ0) is 35.3. The number of hydrogen-bond acceptors (Lipinski definition) is 6. The number of alkyl halides is 2. The zero-order valence-electron chi connectivity index (χ0n) is 28.0. The smallest absolute Gasteiger partial charge is 0.344 e. The minimum atomic E-state index is -3.96. The summed E-state index contributed by atoms with van der Waals surface area (Å²) in [5, 5.41) is 14.6. The van der Waals surface area contributed by atoms with Crippen LogP contribution < -0.4 is 16.0 Å². The molecule has 2 aromatic carbocycles. The van der Waals surface area contributed by atoms with Gasteiger partial charge in [-0.3, -0.25) is 24.3 Å². The molecule has 1 aliphatic carbocycles. The van der Waals surface area contributed by atoms with Gasteiger partial charge in [-0.25, -0.2) is 4.39 Å². The summed E-state index contributed by atoms with van der Waals surface area (Å²) in [6.07, 6.45) is 5.17. The molecule has 4 N–H and O–H groups in total. The highest BCUT2D eigenvalue weighted by molar-refractivity contribution is 5.99. The molecule has 0 unspecified atom stereocenters. The largest absolute Gasteiger partial charge is 0.349 e. The predicted molar refractivity (Wildman–Crippen MR) is 178 cm³/mol. The molecule has 11 nitrogen and oxygen atoms in total. The molecule has 1 saturated carbocycles. The molecule has 1 aliphatic heterocycles. The van der Waals surface area contributed by atoms with Gasteiger partial charge in [0, 0.05) is 49.5 Å². The molecular weight excluding hydrogens is 639 g/mol. The zero-order valence-corrected chi connectivity index (χ0v) is 28.0. The molecule has 2 fully saturated rings. The number of anilines is 1. The first-order valence-corrected chi connectivity index (χ1v) is 16.9. The molecule has 1 saturated heterocycles. The summed E-state index contributed by atoms with van der Waals surface area (Å²) in [6, 6.07) is 5.53. The van der Waals surface area contributed by atoms with Gasteiger partial charge < -0.3 is 25.8 Å². The molecule has 0 radical (unpaired) electrons. The molecule has 49 heavy (non-hydrogen) atoms. The molecule has 4 amide bonds. The topological polar surface area (TPSA) is 140 Å². The summed E-state index contributed by atoms with van der Waals surface area (Å²) in [5.41, 5.74) is -0.000200. The van der Waals surface area contributed by atoms with E-state index < -0.39 is 53.0 Å². The van der Waals surface area contributed by atoms with Crippen molar-refractivity contribution in [2.24, 2.45) is 5.92 Å². The van der Waals surface area contributed by atoms with E-state index in [1.54, 1.807) is 24.8 Å². The average molecular weight is 684 g/mol. The predicted octanol–water partition coefficient (Wildman–Crippen LogP) is 4.27. The van der Waals surface area contributed by atoms with Crippen LogP contribution in [0.3, 0.4) is 0 Å². The van der Waals surface area contributed by atoms with Gasteiger partial charge >= 0.3 is 5.92 Å². The summed E-state index contributed by atoms with van der Waals surface area (Å²) in [7, 11) is 1.97. The maximum absolute atomic E-state index is 15.6. The normalized spacial score (nSPS) is 18.0. The first-order valence-electron chi connectivity index (χ1n) is 16.9. The summed E-state index contributed by atoms with van der Waals surface area (Å²) in [4.78, 5) is 56.4. The van der Waals surface area contributed by atoms with Crippen LogP contribution in [-0.4, -0.2) is 88.9 Å². The Morgan fingerprint density at radius 1 is 1.00 bits per heavy atom. The number of aromatic nitrogens is 2. The standard InChI is InChI=1S/C35H44F3N7O4/c1-4-29(46)41-30(33(48)45-16-14-44(3)15-17-45)21(2)23-11-13-27(26(36)18-23)40-32(47)31(22-8-6-5-7-9-22)42-34(49)35(37,38)25-12-10-24-20-39-43-28(24)19-25/h10-13,18-22,30-31H,4-9,14-17H2,1-3H3,(H,39,43)(H,40,47)(H,41,46)(H,42,49)/t21-,30+,31-/m0/s1. The third-order valence-electron chi connectivity index (χ3n) is 9.78. The molecule has 2 heterocycles. The second kappa shape index (κ2) is 15.4. The number of fused-ring (bicyclic) bond motifs is 1. The molecule has 3 atom stereocenters. The number of nitrogens with zero attached hydrogens (tertiary/aromatic N) is 3. The van der Waals surface area contributed by atoms with Gasteiger partial charge in [-0.1, -0.05) is 51.3 Å². The maximum atomic E-state index is 15.6. The van der Waals surface area contributed by atoms with Gasteiger partial charge in [0.15, 0.2) is 0 Å². The van der Waals surface area contributed by atoms with Crippen molar-refractivity contribution in [3.05, 3.63) is 59.5 Å². The minimum Gasteiger partial charge on any atom is -0.344 e. The summed E-state index contributed by atoms with van der Waals surface area (Å²) in [5.74, 6) is -8.81. The van der Waals surface area contributed by atoms with Crippen LogP contribution in [-0.2, 0) is 25.1 Å². The lowest BCUT2D eigenvalue weighted by Crippen LogP contribution is -2.55. The Bertz CT molecular complexity index is 1670. The second-order valence-electron chi connectivity index (χ2n) is 13.1. The molecule has 0 bridgehead atoms. The maximum Gasteiger partial charge on any atom is 0.349 e. The number of H-pyrrole nitrogens is 1. The van der Waals surface area contributed by atoms with Crippen molar-refractivity contribution in [2.45, 2.75) is 76.3 Å². The molecule has 264 valence electrons. The van der Waals surface area contributed by atoms with Crippen LogP contribution in [0.4, 0.5) is 18.9 Å². The molecule has 0 spiro atoms. The number of amides is 4. The van der Waals surface area contributed by atoms with Gasteiger partial charge in [0.05, 0.1) is 17.4 Å². The third-order valence-corrected chi connectivity index (χ3v) is 9.78. The van der Waals surface area contributed by atoms with Gasteiger partial charge in [-0.2, -0.15) is 13.9 Å². The SMILES string of the molecule is CCC(=O)N[C@@H](C(=O)N1CCN(C)CC1)[C@@H](C)c1ccc(NC(=O)[C@@H](NC(=O)C(F)(F)c2ccc3cn[nH]c3c2)C2CCCCC2)c(F)c1. The van der Waals surface area contributed by atoms with E-state index in [4.69, 9.17) is 0 Å². The summed E-state index contributed by atoms with van der Waals surface area (Å²) in [6.45, 7) is 5.80.